The number of benzene rings is 5. The zero-order chi connectivity index (χ0) is 34.7. The number of aldehydes is 1. The summed E-state index contributed by atoms with van der Waals surface area (Å²) in [5.41, 5.74) is 15.1. The predicted octanol–water partition coefficient (Wildman–Crippen LogP) is 6.58. The third kappa shape index (κ3) is 8.82. The third-order valence-electron chi connectivity index (χ3n) is 8.74. The highest BCUT2D eigenvalue weighted by molar-refractivity contribution is 5.96. The highest BCUT2D eigenvalue weighted by Crippen LogP contribution is 2.34. The minimum Gasteiger partial charge on any atom is -0.455 e. The van der Waals surface area contributed by atoms with Gasteiger partial charge in [0.15, 0.2) is 5.75 Å². The zero-order valence-corrected chi connectivity index (χ0v) is 27.9. The zero-order valence-electron chi connectivity index (χ0n) is 27.9. The molecule has 0 radical (unpaired) electrons. The van der Waals surface area contributed by atoms with Gasteiger partial charge in [0.05, 0.1) is 12.2 Å². The molecule has 0 aromatic heterocycles. The molecule has 0 aliphatic carbocycles. The van der Waals surface area contributed by atoms with Gasteiger partial charge >= 0.3 is 0 Å². The van der Waals surface area contributed by atoms with Crippen LogP contribution in [0.15, 0.2) is 127 Å². The molecular weight excluding hydrogens is 626 g/mol. The molecule has 2 amide bonds. The molecule has 9 nitrogen and oxygen atoms in total. The number of hydrogen-bond donors (Lipinski definition) is 2. The topological polar surface area (TPSA) is 108 Å². The van der Waals surface area contributed by atoms with Crippen LogP contribution in [0.4, 0.5) is 11.4 Å². The average Bonchev–Trinajstić information content (AvgIpc) is 3.17. The fourth-order valence-electron chi connectivity index (χ4n) is 5.98. The Morgan fingerprint density at radius 3 is 2.12 bits per heavy atom. The molecule has 3 N–H and O–H groups in total. The van der Waals surface area contributed by atoms with Crippen LogP contribution in [0.2, 0.25) is 0 Å². The van der Waals surface area contributed by atoms with E-state index in [1.165, 1.54) is 5.69 Å². The number of nitrogens with two attached hydrogens (primary N) is 1. The van der Waals surface area contributed by atoms with E-state index in [4.69, 9.17) is 10.5 Å². The Balaban J connectivity index is 1.16. The summed E-state index contributed by atoms with van der Waals surface area (Å²) in [6.45, 7) is 3.62. The number of para-hydroxylation sites is 3. The van der Waals surface area contributed by atoms with E-state index in [2.05, 4.69) is 22.5 Å². The maximum Gasteiger partial charge on any atom is 0.234 e. The lowest BCUT2D eigenvalue weighted by molar-refractivity contribution is -0.128. The maximum absolute atomic E-state index is 14.0. The molecule has 1 heterocycles. The molecule has 0 spiro atoms. The molecule has 0 bridgehead atoms. The number of hydrogen-bond acceptors (Lipinski definition) is 7. The fraction of sp³-hybridized carbons (Fsp3) is 0.195. The summed E-state index contributed by atoms with van der Waals surface area (Å²) in [5, 5.41) is 1.93. The van der Waals surface area contributed by atoms with Crippen molar-refractivity contribution in [3.05, 3.63) is 144 Å². The monoisotopic (exact) mass is 667 g/mol. The summed E-state index contributed by atoms with van der Waals surface area (Å²) < 4.78 is 6.32. The standard InChI is InChI=1S/C41H41N5O4/c42-28-33-7-6-10-37(27-33)50-39-12-5-4-11-38(39)46(29-31-13-17-34(18-14-31)35-19-15-32(30-47)16-20-35)41(49)22-21-40(48)43-45-25-23-44(24-26-45)36-8-2-1-3-9-36/h1-20,27,30H,21-26,28-29,42H2,(H,43,48). The smallest absolute Gasteiger partial charge is 0.234 e. The molecule has 5 aromatic carbocycles. The van der Waals surface area contributed by atoms with Gasteiger partial charge in [-0.3, -0.25) is 19.8 Å². The number of amides is 2. The van der Waals surface area contributed by atoms with E-state index in [9.17, 15) is 14.4 Å². The lowest BCUT2D eigenvalue weighted by Gasteiger charge is -2.36. The van der Waals surface area contributed by atoms with E-state index in [0.717, 1.165) is 41.6 Å². The van der Waals surface area contributed by atoms with E-state index in [-0.39, 0.29) is 31.2 Å². The Morgan fingerprint density at radius 2 is 1.42 bits per heavy atom. The van der Waals surface area contributed by atoms with Crippen LogP contribution in [0, 0.1) is 0 Å². The molecular formula is C41H41N5O4. The molecule has 50 heavy (non-hydrogen) atoms. The number of ether oxygens (including phenoxy) is 1. The second kappa shape index (κ2) is 16.6. The molecule has 1 saturated heterocycles. The summed E-state index contributed by atoms with van der Waals surface area (Å²) in [5.74, 6) is 0.737. The molecule has 0 atom stereocenters. The van der Waals surface area contributed by atoms with Crippen molar-refractivity contribution in [2.45, 2.75) is 25.9 Å². The molecule has 0 saturated carbocycles. The first kappa shape index (κ1) is 34.1. The first-order chi connectivity index (χ1) is 24.5. The van der Waals surface area contributed by atoms with Gasteiger partial charge < -0.3 is 20.3 Å². The summed E-state index contributed by atoms with van der Waals surface area (Å²) in [7, 11) is 0. The number of carbonyl (C=O) groups is 3. The Morgan fingerprint density at radius 1 is 0.740 bits per heavy atom. The van der Waals surface area contributed by atoms with Crippen molar-refractivity contribution in [2.75, 3.05) is 36.0 Å². The van der Waals surface area contributed by atoms with Crippen molar-refractivity contribution in [1.82, 2.24) is 10.4 Å². The highest BCUT2D eigenvalue weighted by atomic mass is 16.5. The molecule has 0 unspecified atom stereocenters. The summed E-state index contributed by atoms with van der Waals surface area (Å²) in [4.78, 5) is 42.2. The van der Waals surface area contributed by atoms with Crippen molar-refractivity contribution in [3.63, 3.8) is 0 Å². The van der Waals surface area contributed by atoms with Gasteiger partial charge in [-0.1, -0.05) is 91.0 Å². The number of piperazine rings is 1. The van der Waals surface area contributed by atoms with Crippen LogP contribution in [0.25, 0.3) is 11.1 Å². The molecule has 1 aliphatic heterocycles. The number of hydrazine groups is 1. The van der Waals surface area contributed by atoms with E-state index in [1.54, 1.807) is 17.0 Å². The van der Waals surface area contributed by atoms with Crippen LogP contribution in [0.5, 0.6) is 11.5 Å². The normalized spacial score (nSPS) is 13.0. The van der Waals surface area contributed by atoms with Crippen molar-refractivity contribution >= 4 is 29.5 Å². The molecule has 6 rings (SSSR count). The number of anilines is 2. The predicted molar refractivity (Wildman–Crippen MR) is 197 cm³/mol. The summed E-state index contributed by atoms with van der Waals surface area (Å²) in [6, 6.07) is 40.6. The van der Waals surface area contributed by atoms with Crippen LogP contribution in [0.1, 0.15) is 34.3 Å². The Hall–Kier alpha value is -5.77. The van der Waals surface area contributed by atoms with Gasteiger partial charge in [-0.25, -0.2) is 5.01 Å². The van der Waals surface area contributed by atoms with Crippen LogP contribution >= 0.6 is 0 Å². The van der Waals surface area contributed by atoms with Gasteiger partial charge in [-0.2, -0.15) is 0 Å². The Bertz CT molecular complexity index is 1890. The first-order valence-corrected chi connectivity index (χ1v) is 16.8. The SMILES string of the molecule is NCc1cccc(Oc2ccccc2N(Cc2ccc(-c3ccc(C=O)cc3)cc2)C(=O)CCC(=O)NN2CCN(c3ccccc3)CC2)c1. The van der Waals surface area contributed by atoms with Gasteiger partial charge in [0.1, 0.15) is 12.0 Å². The van der Waals surface area contributed by atoms with Crippen LogP contribution in [0.3, 0.4) is 0 Å². The lowest BCUT2D eigenvalue weighted by Crippen LogP contribution is -2.53. The maximum atomic E-state index is 14.0. The number of rotatable bonds is 13. The van der Waals surface area contributed by atoms with Gasteiger partial charge in [0, 0.05) is 56.8 Å². The van der Waals surface area contributed by atoms with Crippen LogP contribution in [-0.4, -0.2) is 49.3 Å². The molecule has 9 heteroatoms. The molecule has 254 valence electrons. The molecule has 1 fully saturated rings. The molecule has 1 aliphatic rings. The van der Waals surface area contributed by atoms with Crippen LogP contribution in [-0.2, 0) is 22.7 Å². The Labute approximate surface area is 292 Å². The third-order valence-corrected chi connectivity index (χ3v) is 8.74. The summed E-state index contributed by atoms with van der Waals surface area (Å²) in [6.07, 6.45) is 0.894. The second-order valence-electron chi connectivity index (χ2n) is 12.2. The van der Waals surface area contributed by atoms with E-state index < -0.39 is 0 Å². The van der Waals surface area contributed by atoms with Gasteiger partial charge in [-0.05, 0) is 58.7 Å². The van der Waals surface area contributed by atoms with Crippen molar-refractivity contribution in [2.24, 2.45) is 5.73 Å². The minimum atomic E-state index is -0.200. The highest BCUT2D eigenvalue weighted by Gasteiger charge is 2.23. The van der Waals surface area contributed by atoms with Crippen molar-refractivity contribution in [1.29, 1.82) is 0 Å². The van der Waals surface area contributed by atoms with Crippen molar-refractivity contribution in [3.8, 4) is 22.6 Å². The van der Waals surface area contributed by atoms with Gasteiger partial charge in [0.2, 0.25) is 11.8 Å². The van der Waals surface area contributed by atoms with Crippen molar-refractivity contribution < 1.29 is 19.1 Å². The van der Waals surface area contributed by atoms with Gasteiger partial charge in [-0.15, -0.1) is 0 Å². The molecule has 5 aromatic rings. The minimum absolute atomic E-state index is 0.0218. The second-order valence-corrected chi connectivity index (χ2v) is 12.2. The van der Waals surface area contributed by atoms with Crippen LogP contribution < -0.4 is 25.7 Å². The largest absolute Gasteiger partial charge is 0.455 e. The number of carbonyl (C=O) groups excluding carboxylic acids is 3. The van der Waals surface area contributed by atoms with Gasteiger partial charge in [0.25, 0.3) is 0 Å². The first-order valence-electron chi connectivity index (χ1n) is 16.8. The number of nitrogens with one attached hydrogen (secondary N) is 1. The van der Waals surface area contributed by atoms with E-state index in [1.807, 2.05) is 108 Å². The lowest BCUT2D eigenvalue weighted by atomic mass is 10.0. The average molecular weight is 668 g/mol. The van der Waals surface area contributed by atoms with E-state index in [0.29, 0.717) is 42.4 Å². The number of nitrogens with zero attached hydrogens (tertiary/aromatic N) is 3. The quantitative estimate of drug-likeness (QED) is 0.137. The van der Waals surface area contributed by atoms with E-state index >= 15 is 0 Å². The fourth-order valence-corrected chi connectivity index (χ4v) is 5.98. The summed E-state index contributed by atoms with van der Waals surface area (Å²) >= 11 is 0. The Kier molecular flexibility index (Phi) is 11.3.